The number of benzene rings is 2. The van der Waals surface area contributed by atoms with Gasteiger partial charge in [-0.1, -0.05) is 11.6 Å². The Bertz CT molecular complexity index is 1440. The monoisotopic (exact) mass is 494 g/mol. The summed E-state index contributed by atoms with van der Waals surface area (Å²) in [6, 6.07) is 7.21. The van der Waals surface area contributed by atoms with Crippen LogP contribution in [0.5, 0.6) is 0 Å². The molecule has 0 saturated heterocycles. The molecule has 0 aliphatic rings. The van der Waals surface area contributed by atoms with E-state index in [9.17, 15) is 17.2 Å². The highest BCUT2D eigenvalue weighted by molar-refractivity contribution is 7.92. The van der Waals surface area contributed by atoms with Gasteiger partial charge in [0.05, 0.1) is 22.7 Å². The van der Waals surface area contributed by atoms with E-state index < -0.39 is 31.6 Å². The summed E-state index contributed by atoms with van der Waals surface area (Å²) in [6.07, 6.45) is 0.482. The number of fused-ring (bicyclic) bond motifs is 1. The first-order valence-corrected chi connectivity index (χ1v) is 11.3. The quantitative estimate of drug-likeness (QED) is 0.334. The van der Waals surface area contributed by atoms with Crippen molar-refractivity contribution in [1.82, 2.24) is 20.2 Å². The minimum Gasteiger partial charge on any atom is -0.384 e. The number of H-pyrrole nitrogens is 1. The van der Waals surface area contributed by atoms with Gasteiger partial charge in [0, 0.05) is 30.8 Å². The minimum absolute atomic E-state index is 0.142. The van der Waals surface area contributed by atoms with Gasteiger partial charge in [0.15, 0.2) is 11.5 Å². The van der Waals surface area contributed by atoms with Gasteiger partial charge in [-0.05, 0) is 30.3 Å². The van der Waals surface area contributed by atoms with Crippen LogP contribution in [0.15, 0.2) is 41.3 Å². The van der Waals surface area contributed by atoms with Gasteiger partial charge in [0.2, 0.25) is 0 Å². The van der Waals surface area contributed by atoms with E-state index >= 15 is 0 Å². The molecule has 4 N–H and O–H groups in total. The number of halogens is 3. The summed E-state index contributed by atoms with van der Waals surface area (Å²) in [6.45, 7) is 0.418. The predicted molar refractivity (Wildman–Crippen MR) is 119 cm³/mol. The second kappa shape index (κ2) is 8.89. The fourth-order valence-electron chi connectivity index (χ4n) is 3.14. The van der Waals surface area contributed by atoms with Crippen molar-refractivity contribution >= 4 is 44.2 Å². The van der Waals surface area contributed by atoms with Crippen molar-refractivity contribution in [2.45, 2.75) is 11.3 Å². The molecule has 0 atom stereocenters. The Morgan fingerprint density at radius 3 is 2.58 bits per heavy atom. The minimum atomic E-state index is -4.35. The van der Waals surface area contributed by atoms with Gasteiger partial charge in [-0.15, -0.1) is 0 Å². The summed E-state index contributed by atoms with van der Waals surface area (Å²) in [5.41, 5.74) is 7.69. The zero-order chi connectivity index (χ0) is 23.8. The molecule has 0 fully saturated rings. The second-order valence-electron chi connectivity index (χ2n) is 6.95. The summed E-state index contributed by atoms with van der Waals surface area (Å²) >= 11 is 5.60. The van der Waals surface area contributed by atoms with Gasteiger partial charge < -0.3 is 10.5 Å². The van der Waals surface area contributed by atoms with Gasteiger partial charge in [-0.3, -0.25) is 9.82 Å². The van der Waals surface area contributed by atoms with E-state index in [0.29, 0.717) is 59.1 Å². The third-order valence-corrected chi connectivity index (χ3v) is 6.41. The molecule has 0 amide bonds. The number of hydrogen-bond acceptors (Lipinski definition) is 7. The summed E-state index contributed by atoms with van der Waals surface area (Å²) in [5.74, 6) is -1.62. The SMILES string of the molecule is COCCc1nc(-c2ccc(NS(=O)(=O)c3cc(Cl)c(F)cc3F)cc2)nc2n[nH]c(N)c12. The van der Waals surface area contributed by atoms with Crippen molar-refractivity contribution in [1.29, 1.82) is 0 Å². The van der Waals surface area contributed by atoms with Gasteiger partial charge in [-0.25, -0.2) is 27.2 Å². The fraction of sp³-hybridized carbons (Fsp3) is 0.150. The topological polar surface area (TPSA) is 136 Å². The predicted octanol–water partition coefficient (Wildman–Crippen LogP) is 3.52. The Kier molecular flexibility index (Phi) is 6.15. The zero-order valence-corrected chi connectivity index (χ0v) is 18.6. The van der Waals surface area contributed by atoms with E-state index in [4.69, 9.17) is 22.1 Å². The van der Waals surface area contributed by atoms with E-state index in [0.717, 1.165) is 0 Å². The number of nitrogens with zero attached hydrogens (tertiary/aromatic N) is 3. The molecule has 9 nitrogen and oxygen atoms in total. The van der Waals surface area contributed by atoms with Crippen molar-refractivity contribution < 1.29 is 21.9 Å². The van der Waals surface area contributed by atoms with E-state index in [1.807, 2.05) is 0 Å². The zero-order valence-electron chi connectivity index (χ0n) is 17.1. The fourth-order valence-corrected chi connectivity index (χ4v) is 4.51. The lowest BCUT2D eigenvalue weighted by Crippen LogP contribution is -2.15. The lowest BCUT2D eigenvalue weighted by Gasteiger charge is -2.10. The Morgan fingerprint density at radius 1 is 1.15 bits per heavy atom. The van der Waals surface area contributed by atoms with Crippen LogP contribution >= 0.6 is 11.6 Å². The van der Waals surface area contributed by atoms with Crippen LogP contribution in [0.25, 0.3) is 22.4 Å². The average Bonchev–Trinajstić information content (AvgIpc) is 3.15. The maximum atomic E-state index is 14.0. The maximum Gasteiger partial charge on any atom is 0.264 e. The van der Waals surface area contributed by atoms with E-state index in [-0.39, 0.29) is 5.69 Å². The average molecular weight is 495 g/mol. The molecular formula is C20H17ClF2N6O3S. The van der Waals surface area contributed by atoms with E-state index in [1.54, 1.807) is 19.2 Å². The van der Waals surface area contributed by atoms with Crippen LogP contribution in [-0.2, 0) is 21.2 Å². The summed E-state index contributed by atoms with van der Waals surface area (Å²) in [5, 5.41) is 6.87. The highest BCUT2D eigenvalue weighted by atomic mass is 35.5. The molecule has 0 radical (unpaired) electrons. The molecule has 4 aromatic rings. The molecule has 0 unspecified atom stereocenters. The van der Waals surface area contributed by atoms with Crippen molar-refractivity contribution in [3.8, 4) is 11.4 Å². The Labute approximate surface area is 192 Å². The largest absolute Gasteiger partial charge is 0.384 e. The Hall–Kier alpha value is -3.35. The van der Waals surface area contributed by atoms with Crippen molar-refractivity contribution in [3.63, 3.8) is 0 Å². The first-order valence-electron chi connectivity index (χ1n) is 9.47. The van der Waals surface area contributed by atoms with Crippen LogP contribution in [0.3, 0.4) is 0 Å². The highest BCUT2D eigenvalue weighted by Gasteiger charge is 2.22. The van der Waals surface area contributed by atoms with E-state index in [1.165, 1.54) is 12.1 Å². The summed E-state index contributed by atoms with van der Waals surface area (Å²) in [4.78, 5) is 8.18. The lowest BCUT2D eigenvalue weighted by molar-refractivity contribution is 0.202. The number of anilines is 2. The normalized spacial score (nSPS) is 11.8. The highest BCUT2D eigenvalue weighted by Crippen LogP contribution is 2.27. The van der Waals surface area contributed by atoms with Gasteiger partial charge in [0.1, 0.15) is 22.3 Å². The molecule has 13 heteroatoms. The molecule has 4 rings (SSSR count). The van der Waals surface area contributed by atoms with E-state index in [2.05, 4.69) is 24.9 Å². The molecule has 2 aromatic carbocycles. The third-order valence-electron chi connectivity index (χ3n) is 4.72. The number of nitrogen functional groups attached to an aromatic ring is 1. The van der Waals surface area contributed by atoms with Crippen LogP contribution < -0.4 is 10.5 Å². The standard InChI is InChI=1S/C20H17ClF2N6O3S/c1-32-7-6-15-17-18(24)27-28-20(17)26-19(25-15)10-2-4-11(5-3-10)29-33(30,31)16-8-12(21)13(22)9-14(16)23/h2-5,8-9,29H,6-7H2,1H3,(H3,24,25,26,27,28). The number of methoxy groups -OCH3 is 1. The smallest absolute Gasteiger partial charge is 0.264 e. The maximum absolute atomic E-state index is 14.0. The number of hydrogen-bond donors (Lipinski definition) is 3. The second-order valence-corrected chi connectivity index (χ2v) is 9.01. The number of ether oxygens (including phenoxy) is 1. The number of aromatic nitrogens is 4. The molecule has 2 heterocycles. The lowest BCUT2D eigenvalue weighted by atomic mass is 10.1. The number of sulfonamides is 1. The first kappa shape index (κ1) is 22.8. The van der Waals surface area contributed by atoms with Crippen LogP contribution in [0.1, 0.15) is 5.69 Å². The van der Waals surface area contributed by atoms with Crippen LogP contribution in [0.4, 0.5) is 20.3 Å². The molecule has 33 heavy (non-hydrogen) atoms. The summed E-state index contributed by atoms with van der Waals surface area (Å²) < 4.78 is 59.8. The van der Waals surface area contributed by atoms with Crippen LogP contribution in [-0.4, -0.2) is 42.3 Å². The Balaban J connectivity index is 1.64. The summed E-state index contributed by atoms with van der Waals surface area (Å²) in [7, 11) is -2.78. The van der Waals surface area contributed by atoms with Gasteiger partial charge in [-0.2, -0.15) is 5.10 Å². The number of nitrogens with two attached hydrogens (primary N) is 1. The van der Waals surface area contributed by atoms with Gasteiger partial charge >= 0.3 is 0 Å². The molecule has 2 aromatic heterocycles. The third kappa shape index (κ3) is 4.58. The van der Waals surface area contributed by atoms with Crippen molar-refractivity contribution in [2.75, 3.05) is 24.2 Å². The number of nitrogens with one attached hydrogen (secondary N) is 2. The van der Waals surface area contributed by atoms with Crippen molar-refractivity contribution in [2.24, 2.45) is 0 Å². The first-order chi connectivity index (χ1) is 15.7. The molecule has 0 spiro atoms. The molecule has 0 aliphatic heterocycles. The molecular weight excluding hydrogens is 478 g/mol. The molecule has 0 bridgehead atoms. The number of aromatic amines is 1. The molecule has 172 valence electrons. The van der Waals surface area contributed by atoms with Crippen molar-refractivity contribution in [3.05, 3.63) is 58.7 Å². The molecule has 0 saturated carbocycles. The Morgan fingerprint density at radius 2 is 1.88 bits per heavy atom. The number of rotatable bonds is 7. The van der Waals surface area contributed by atoms with Crippen LogP contribution in [0, 0.1) is 11.6 Å². The molecule has 0 aliphatic carbocycles. The van der Waals surface area contributed by atoms with Crippen LogP contribution in [0.2, 0.25) is 5.02 Å². The van der Waals surface area contributed by atoms with Gasteiger partial charge in [0.25, 0.3) is 10.0 Å².